The predicted molar refractivity (Wildman–Crippen MR) is 125 cm³/mol. The molecule has 180 valence electrons. The average molecular weight is 467 g/mol. The molecule has 0 aliphatic heterocycles. The van der Waals surface area contributed by atoms with Gasteiger partial charge >= 0.3 is 12.0 Å². The van der Waals surface area contributed by atoms with Crippen LogP contribution in [0.2, 0.25) is 0 Å². The number of benzene rings is 2. The summed E-state index contributed by atoms with van der Waals surface area (Å²) in [6.45, 7) is 0.368. The average Bonchev–Trinajstić information content (AvgIpc) is 2.77. The minimum absolute atomic E-state index is 0.0524. The number of carbonyl (C=O) groups is 2. The number of hydrogen-bond donors (Lipinski definition) is 3. The maximum absolute atomic E-state index is 13.9. The van der Waals surface area contributed by atoms with Crippen LogP contribution in [0.3, 0.4) is 0 Å². The molecule has 3 N–H and O–H groups in total. The van der Waals surface area contributed by atoms with Crippen molar-refractivity contribution in [3.05, 3.63) is 65.5 Å². The molecule has 4 saturated carbocycles. The molecule has 6 nitrogen and oxygen atoms in total. The molecule has 2 amide bonds. The first-order valence-electron chi connectivity index (χ1n) is 12.2. The Balaban J connectivity index is 1.20. The van der Waals surface area contributed by atoms with Crippen molar-refractivity contribution < 1.29 is 23.8 Å². The van der Waals surface area contributed by atoms with Gasteiger partial charge in [0.2, 0.25) is 0 Å². The zero-order valence-corrected chi connectivity index (χ0v) is 19.1. The molecule has 4 aliphatic rings. The Kier molecular flexibility index (Phi) is 6.19. The number of carbonyl (C=O) groups excluding carboxylic acids is 1. The van der Waals surface area contributed by atoms with E-state index < -0.39 is 12.1 Å². The highest BCUT2D eigenvalue weighted by Gasteiger charge is 2.51. The van der Waals surface area contributed by atoms with Gasteiger partial charge in [0.15, 0.2) is 0 Å². The maximum Gasteiger partial charge on any atom is 0.335 e. The van der Waals surface area contributed by atoms with E-state index in [-0.39, 0.29) is 23.0 Å². The largest absolute Gasteiger partial charge is 0.486 e. The first-order valence-corrected chi connectivity index (χ1v) is 12.2. The van der Waals surface area contributed by atoms with E-state index in [1.54, 1.807) is 24.3 Å². The van der Waals surface area contributed by atoms with Gasteiger partial charge in [0, 0.05) is 18.5 Å². The highest BCUT2D eigenvalue weighted by molar-refractivity contribution is 5.87. The summed E-state index contributed by atoms with van der Waals surface area (Å²) < 4.78 is 19.9. The van der Waals surface area contributed by atoms with Gasteiger partial charge in [-0.15, -0.1) is 0 Å². The maximum atomic E-state index is 13.9. The Morgan fingerprint density at radius 3 is 2.26 bits per heavy atom. The van der Waals surface area contributed by atoms with E-state index in [0.717, 1.165) is 37.0 Å². The summed E-state index contributed by atoms with van der Waals surface area (Å²) in [6.07, 6.45) is 7.19. The Labute approximate surface area is 198 Å². The smallest absolute Gasteiger partial charge is 0.335 e. The van der Waals surface area contributed by atoms with Gasteiger partial charge in [0.1, 0.15) is 17.7 Å². The molecule has 4 fully saturated rings. The van der Waals surface area contributed by atoms with E-state index in [4.69, 9.17) is 9.84 Å². The molecule has 0 saturated heterocycles. The van der Waals surface area contributed by atoms with Crippen molar-refractivity contribution in [2.45, 2.75) is 56.6 Å². The van der Waals surface area contributed by atoms with Crippen LogP contribution in [0.1, 0.15) is 67.0 Å². The van der Waals surface area contributed by atoms with Gasteiger partial charge in [-0.05, 0) is 98.2 Å². The number of amides is 2. The molecular formula is C27H31FN2O4. The third-order valence-electron chi connectivity index (χ3n) is 7.71. The van der Waals surface area contributed by atoms with Crippen molar-refractivity contribution >= 4 is 12.0 Å². The second-order valence-corrected chi connectivity index (χ2v) is 10.4. The first-order chi connectivity index (χ1) is 16.4. The Bertz CT molecular complexity index is 1020. The van der Waals surface area contributed by atoms with Crippen LogP contribution in [-0.4, -0.2) is 29.2 Å². The number of urea groups is 1. The second kappa shape index (κ2) is 9.28. The minimum atomic E-state index is -1.01. The quantitative estimate of drug-likeness (QED) is 0.493. The van der Waals surface area contributed by atoms with E-state index in [1.807, 2.05) is 0 Å². The molecule has 6 rings (SSSR count). The lowest BCUT2D eigenvalue weighted by Crippen LogP contribution is -2.61. The zero-order valence-electron chi connectivity index (χ0n) is 19.1. The summed E-state index contributed by atoms with van der Waals surface area (Å²) >= 11 is 0. The van der Waals surface area contributed by atoms with Crippen LogP contribution in [0.5, 0.6) is 5.75 Å². The Hall–Kier alpha value is -3.09. The number of carboxylic acids is 1. The lowest BCUT2D eigenvalue weighted by Gasteiger charge is -2.56. The van der Waals surface area contributed by atoms with Crippen LogP contribution in [0.4, 0.5) is 9.18 Å². The molecule has 1 unspecified atom stereocenters. The number of ether oxygens (including phenoxy) is 1. The highest BCUT2D eigenvalue weighted by atomic mass is 19.1. The molecule has 34 heavy (non-hydrogen) atoms. The van der Waals surface area contributed by atoms with Gasteiger partial charge in [-0.3, -0.25) is 0 Å². The van der Waals surface area contributed by atoms with Gasteiger partial charge in [-0.1, -0.05) is 12.1 Å². The van der Waals surface area contributed by atoms with Crippen LogP contribution in [0.15, 0.2) is 48.5 Å². The Morgan fingerprint density at radius 1 is 1.03 bits per heavy atom. The zero-order chi connectivity index (χ0) is 23.7. The predicted octanol–water partition coefficient (Wildman–Crippen LogP) is 5.30. The molecule has 0 heterocycles. The molecule has 0 spiro atoms. The van der Waals surface area contributed by atoms with Gasteiger partial charge in [0.25, 0.3) is 0 Å². The Morgan fingerprint density at radius 2 is 1.68 bits per heavy atom. The monoisotopic (exact) mass is 466 g/mol. The minimum Gasteiger partial charge on any atom is -0.486 e. The third-order valence-corrected chi connectivity index (χ3v) is 7.71. The molecule has 0 radical (unpaired) electrons. The second-order valence-electron chi connectivity index (χ2n) is 10.4. The SMILES string of the molecule is O=C(NCCC(Oc1ccc(C(=O)O)cc1)c1cccc(F)c1)NC12CC3CC(CC(C3)C1)C2. The molecule has 4 aliphatic carbocycles. The summed E-state index contributed by atoms with van der Waals surface area (Å²) in [6, 6.07) is 12.2. The van der Waals surface area contributed by atoms with E-state index >= 15 is 0 Å². The lowest BCUT2D eigenvalue weighted by molar-refractivity contribution is -0.0135. The molecule has 4 bridgehead atoms. The molecule has 1 atom stereocenters. The summed E-state index contributed by atoms with van der Waals surface area (Å²) in [5.74, 6) is 1.37. The van der Waals surface area contributed by atoms with E-state index in [2.05, 4.69) is 10.6 Å². The number of carboxylic acid groups (broad SMARTS) is 1. The number of aromatic carboxylic acids is 1. The van der Waals surface area contributed by atoms with Gasteiger partial charge < -0.3 is 20.5 Å². The number of nitrogens with one attached hydrogen (secondary N) is 2. The summed E-state index contributed by atoms with van der Waals surface area (Å²) in [7, 11) is 0. The molecule has 2 aromatic carbocycles. The van der Waals surface area contributed by atoms with E-state index in [0.29, 0.717) is 24.3 Å². The van der Waals surface area contributed by atoms with E-state index in [9.17, 15) is 14.0 Å². The molecule has 2 aromatic rings. The van der Waals surface area contributed by atoms with Crippen molar-refractivity contribution in [1.29, 1.82) is 0 Å². The normalized spacial score (nSPS) is 27.7. The van der Waals surface area contributed by atoms with Crippen molar-refractivity contribution in [3.63, 3.8) is 0 Å². The summed E-state index contributed by atoms with van der Waals surface area (Å²) in [5.41, 5.74) is 0.770. The lowest BCUT2D eigenvalue weighted by atomic mass is 9.53. The van der Waals surface area contributed by atoms with Crippen molar-refractivity contribution in [2.24, 2.45) is 17.8 Å². The van der Waals surface area contributed by atoms with Gasteiger partial charge in [-0.2, -0.15) is 0 Å². The summed E-state index contributed by atoms with van der Waals surface area (Å²) in [5, 5.41) is 15.4. The molecular weight excluding hydrogens is 435 g/mol. The van der Waals surface area contributed by atoms with Crippen molar-refractivity contribution in [2.75, 3.05) is 6.54 Å². The van der Waals surface area contributed by atoms with Crippen LogP contribution in [-0.2, 0) is 0 Å². The molecule has 0 aromatic heterocycles. The van der Waals surface area contributed by atoms with Crippen molar-refractivity contribution in [1.82, 2.24) is 10.6 Å². The molecule has 7 heteroatoms. The standard InChI is InChI=1S/C27H31FN2O4/c28-22-3-1-2-21(13-22)24(34-23-6-4-20(5-7-23)25(31)32)8-9-29-26(33)30-27-14-17-10-18(15-27)12-19(11-17)16-27/h1-7,13,17-19,24H,8-12,14-16H2,(H,31,32)(H2,29,30,33). The third kappa shape index (κ3) is 5.03. The van der Waals surface area contributed by atoms with Crippen molar-refractivity contribution in [3.8, 4) is 5.75 Å². The van der Waals surface area contributed by atoms with Crippen LogP contribution in [0.25, 0.3) is 0 Å². The fraction of sp³-hybridized carbons (Fsp3) is 0.481. The number of hydrogen-bond acceptors (Lipinski definition) is 3. The number of halogens is 1. The fourth-order valence-electron chi connectivity index (χ4n) is 6.71. The van der Waals surface area contributed by atoms with Crippen LogP contribution in [0, 0.1) is 23.6 Å². The van der Waals surface area contributed by atoms with Crippen LogP contribution >= 0.6 is 0 Å². The van der Waals surface area contributed by atoms with Crippen LogP contribution < -0.4 is 15.4 Å². The van der Waals surface area contributed by atoms with Gasteiger partial charge in [-0.25, -0.2) is 14.0 Å². The highest BCUT2D eigenvalue weighted by Crippen LogP contribution is 2.55. The van der Waals surface area contributed by atoms with Gasteiger partial charge in [0.05, 0.1) is 5.56 Å². The topological polar surface area (TPSA) is 87.7 Å². The van der Waals surface area contributed by atoms with E-state index in [1.165, 1.54) is 43.5 Å². The summed E-state index contributed by atoms with van der Waals surface area (Å²) in [4.78, 5) is 23.9. The first kappa shape index (κ1) is 22.7. The number of rotatable bonds is 8. The fourth-order valence-corrected chi connectivity index (χ4v) is 6.71.